The summed E-state index contributed by atoms with van der Waals surface area (Å²) < 4.78 is 2.43. The van der Waals surface area contributed by atoms with Gasteiger partial charge in [0.15, 0.2) is 0 Å². The van der Waals surface area contributed by atoms with E-state index in [0.717, 1.165) is 29.7 Å². The molecule has 0 aliphatic rings. The highest BCUT2D eigenvalue weighted by Crippen LogP contribution is 2.12. The molecular formula is C13H19N3OS. The number of nitrogens with one attached hydrogen (secondary N) is 1. The molecule has 0 saturated heterocycles. The third-order valence-electron chi connectivity index (χ3n) is 2.86. The van der Waals surface area contributed by atoms with Crippen molar-refractivity contribution in [1.82, 2.24) is 14.9 Å². The molecule has 0 radical (unpaired) electrons. The molecule has 2 aromatic heterocycles. The summed E-state index contributed by atoms with van der Waals surface area (Å²) in [5, 5.41) is 5.26. The summed E-state index contributed by atoms with van der Waals surface area (Å²) in [4.78, 5) is 16.3. The van der Waals surface area contributed by atoms with Crippen LogP contribution in [0.3, 0.4) is 0 Å². The fourth-order valence-electron chi connectivity index (χ4n) is 1.75. The Morgan fingerprint density at radius 3 is 3.06 bits per heavy atom. The maximum absolute atomic E-state index is 12.1. The standard InChI is InChI=1S/C13H19N3OS/c1-10(2)3-5-14-6-7-16-9-15-11-4-8-18-12(11)13(16)17/h4,8-10,14H,3,5-7H2,1-2H3. The van der Waals surface area contributed by atoms with Gasteiger partial charge in [0, 0.05) is 13.1 Å². The average Bonchev–Trinajstić information content (AvgIpc) is 2.80. The van der Waals surface area contributed by atoms with Gasteiger partial charge in [0.2, 0.25) is 0 Å². The van der Waals surface area contributed by atoms with Crippen LogP contribution < -0.4 is 10.9 Å². The number of thiophene rings is 1. The molecular weight excluding hydrogens is 246 g/mol. The van der Waals surface area contributed by atoms with Gasteiger partial charge in [0.25, 0.3) is 5.56 Å². The van der Waals surface area contributed by atoms with Crippen LogP contribution in [0.25, 0.3) is 10.2 Å². The zero-order valence-electron chi connectivity index (χ0n) is 10.8. The zero-order valence-corrected chi connectivity index (χ0v) is 11.7. The van der Waals surface area contributed by atoms with Crippen LogP contribution in [0.15, 0.2) is 22.6 Å². The summed E-state index contributed by atoms with van der Waals surface area (Å²) in [6, 6.07) is 1.88. The van der Waals surface area contributed by atoms with Gasteiger partial charge in [0.05, 0.1) is 11.8 Å². The predicted molar refractivity (Wildman–Crippen MR) is 76.2 cm³/mol. The van der Waals surface area contributed by atoms with Crippen molar-refractivity contribution in [2.45, 2.75) is 26.8 Å². The van der Waals surface area contributed by atoms with Gasteiger partial charge >= 0.3 is 0 Å². The molecule has 1 N–H and O–H groups in total. The molecule has 2 rings (SSSR count). The molecule has 0 amide bonds. The summed E-state index contributed by atoms with van der Waals surface area (Å²) in [6.07, 6.45) is 2.80. The van der Waals surface area contributed by atoms with Crippen LogP contribution in [0, 0.1) is 5.92 Å². The Kier molecular flexibility index (Phi) is 4.49. The molecule has 0 aliphatic heterocycles. The fraction of sp³-hybridized carbons (Fsp3) is 0.538. The Morgan fingerprint density at radius 2 is 2.28 bits per heavy atom. The smallest absolute Gasteiger partial charge is 0.271 e. The largest absolute Gasteiger partial charge is 0.315 e. The highest BCUT2D eigenvalue weighted by Gasteiger charge is 2.04. The highest BCUT2D eigenvalue weighted by molar-refractivity contribution is 7.17. The van der Waals surface area contributed by atoms with Crippen molar-refractivity contribution in [2.75, 3.05) is 13.1 Å². The minimum absolute atomic E-state index is 0.0701. The first-order valence-electron chi connectivity index (χ1n) is 6.32. The van der Waals surface area contributed by atoms with Crippen molar-refractivity contribution in [2.24, 2.45) is 5.92 Å². The molecule has 98 valence electrons. The van der Waals surface area contributed by atoms with E-state index >= 15 is 0 Å². The molecule has 4 nitrogen and oxygen atoms in total. The van der Waals surface area contributed by atoms with Crippen LogP contribution in [0.4, 0.5) is 0 Å². The van der Waals surface area contributed by atoms with Gasteiger partial charge in [-0.3, -0.25) is 9.36 Å². The molecule has 2 heterocycles. The Morgan fingerprint density at radius 1 is 1.44 bits per heavy atom. The van der Waals surface area contributed by atoms with Gasteiger partial charge in [0.1, 0.15) is 4.70 Å². The van der Waals surface area contributed by atoms with Gasteiger partial charge in [-0.05, 0) is 30.3 Å². The summed E-state index contributed by atoms with van der Waals surface area (Å²) in [5.41, 5.74) is 0.870. The first kappa shape index (κ1) is 13.2. The molecule has 5 heteroatoms. The van der Waals surface area contributed by atoms with Crippen LogP contribution in [0.5, 0.6) is 0 Å². The molecule has 18 heavy (non-hydrogen) atoms. The molecule has 0 unspecified atom stereocenters. The van der Waals surface area contributed by atoms with Crippen LogP contribution in [0.2, 0.25) is 0 Å². The quantitative estimate of drug-likeness (QED) is 0.814. The summed E-state index contributed by atoms with van der Waals surface area (Å²) in [7, 11) is 0. The average molecular weight is 265 g/mol. The van der Waals surface area contributed by atoms with E-state index in [-0.39, 0.29) is 5.56 Å². The topological polar surface area (TPSA) is 46.9 Å². The maximum Gasteiger partial charge on any atom is 0.271 e. The van der Waals surface area contributed by atoms with E-state index in [9.17, 15) is 4.79 Å². The molecule has 0 spiro atoms. The third kappa shape index (κ3) is 3.17. The van der Waals surface area contributed by atoms with Crippen LogP contribution >= 0.6 is 11.3 Å². The lowest BCUT2D eigenvalue weighted by Gasteiger charge is -2.08. The van der Waals surface area contributed by atoms with E-state index < -0.39 is 0 Å². The fourth-order valence-corrected chi connectivity index (χ4v) is 2.55. The lowest BCUT2D eigenvalue weighted by atomic mass is 10.1. The molecule has 0 saturated carbocycles. The zero-order chi connectivity index (χ0) is 13.0. The van der Waals surface area contributed by atoms with Gasteiger partial charge in [-0.25, -0.2) is 4.98 Å². The predicted octanol–water partition coefficient (Wildman–Crippen LogP) is 2.09. The van der Waals surface area contributed by atoms with E-state index in [1.165, 1.54) is 11.3 Å². The van der Waals surface area contributed by atoms with E-state index in [4.69, 9.17) is 0 Å². The van der Waals surface area contributed by atoms with Gasteiger partial charge < -0.3 is 5.32 Å². The van der Waals surface area contributed by atoms with Crippen molar-refractivity contribution < 1.29 is 0 Å². The summed E-state index contributed by atoms with van der Waals surface area (Å²) in [6.45, 7) is 6.91. The van der Waals surface area contributed by atoms with E-state index in [2.05, 4.69) is 24.1 Å². The van der Waals surface area contributed by atoms with Crippen molar-refractivity contribution in [3.8, 4) is 0 Å². The van der Waals surface area contributed by atoms with Crippen molar-refractivity contribution in [3.63, 3.8) is 0 Å². The van der Waals surface area contributed by atoms with Gasteiger partial charge in [-0.15, -0.1) is 11.3 Å². The monoisotopic (exact) mass is 265 g/mol. The number of hydrogen-bond donors (Lipinski definition) is 1. The Hall–Kier alpha value is -1.20. The van der Waals surface area contributed by atoms with Crippen LogP contribution in [-0.4, -0.2) is 22.6 Å². The normalized spacial score (nSPS) is 11.5. The van der Waals surface area contributed by atoms with E-state index in [0.29, 0.717) is 12.5 Å². The molecule has 0 aliphatic carbocycles. The number of aromatic nitrogens is 2. The third-order valence-corrected chi connectivity index (χ3v) is 3.76. The number of rotatable bonds is 6. The lowest BCUT2D eigenvalue weighted by molar-refractivity contribution is 0.515. The van der Waals surface area contributed by atoms with Crippen molar-refractivity contribution >= 4 is 21.6 Å². The molecule has 0 aromatic carbocycles. The summed E-state index contributed by atoms with van der Waals surface area (Å²) in [5.74, 6) is 0.712. The van der Waals surface area contributed by atoms with Crippen LogP contribution in [0.1, 0.15) is 20.3 Å². The van der Waals surface area contributed by atoms with Crippen molar-refractivity contribution in [1.29, 1.82) is 0 Å². The van der Waals surface area contributed by atoms with E-state index in [1.807, 2.05) is 11.4 Å². The Bertz CT molecular complexity index is 559. The van der Waals surface area contributed by atoms with Crippen LogP contribution in [-0.2, 0) is 6.54 Å². The highest BCUT2D eigenvalue weighted by atomic mass is 32.1. The number of hydrogen-bond acceptors (Lipinski definition) is 4. The van der Waals surface area contributed by atoms with Gasteiger partial charge in [-0.1, -0.05) is 13.8 Å². The molecule has 2 aromatic rings. The Balaban J connectivity index is 1.91. The van der Waals surface area contributed by atoms with E-state index in [1.54, 1.807) is 10.9 Å². The second kappa shape index (κ2) is 6.11. The number of nitrogens with zero attached hydrogens (tertiary/aromatic N) is 2. The second-order valence-electron chi connectivity index (χ2n) is 4.81. The van der Waals surface area contributed by atoms with Gasteiger partial charge in [-0.2, -0.15) is 0 Å². The molecule has 0 fully saturated rings. The lowest BCUT2D eigenvalue weighted by Crippen LogP contribution is -2.27. The second-order valence-corrected chi connectivity index (χ2v) is 5.73. The number of fused-ring (bicyclic) bond motifs is 1. The summed E-state index contributed by atoms with van der Waals surface area (Å²) >= 11 is 1.46. The first-order chi connectivity index (χ1) is 8.68. The molecule has 0 bridgehead atoms. The minimum Gasteiger partial charge on any atom is -0.315 e. The SMILES string of the molecule is CC(C)CCNCCn1cnc2ccsc2c1=O. The van der Waals surface area contributed by atoms with Crippen molar-refractivity contribution in [3.05, 3.63) is 28.1 Å². The molecule has 0 atom stereocenters. The Labute approximate surface area is 111 Å². The minimum atomic E-state index is 0.0701. The first-order valence-corrected chi connectivity index (χ1v) is 7.20. The maximum atomic E-state index is 12.1.